The zero-order valence-electron chi connectivity index (χ0n) is 11.3. The molecule has 0 saturated heterocycles. The summed E-state index contributed by atoms with van der Waals surface area (Å²) in [5, 5.41) is 20.7. The zero-order valence-corrected chi connectivity index (χ0v) is 12.9. The number of fused-ring (bicyclic) bond motifs is 3. The van der Waals surface area contributed by atoms with Gasteiger partial charge in [-0.1, -0.05) is 52.3 Å². The topological polar surface area (TPSA) is 57.5 Å². The monoisotopic (exact) mass is 346 g/mol. The van der Waals surface area contributed by atoms with Crippen LogP contribution in [0.1, 0.15) is 34.0 Å². The molecule has 2 unspecified atom stereocenters. The first-order chi connectivity index (χ1) is 10.1. The lowest BCUT2D eigenvalue weighted by Gasteiger charge is -2.17. The second kappa shape index (κ2) is 5.72. The van der Waals surface area contributed by atoms with Gasteiger partial charge in [0.25, 0.3) is 0 Å². The van der Waals surface area contributed by atoms with E-state index in [1.807, 2.05) is 30.3 Å². The predicted octanol–water partition coefficient (Wildman–Crippen LogP) is 3.08. The van der Waals surface area contributed by atoms with E-state index in [0.717, 1.165) is 11.1 Å². The fourth-order valence-corrected chi connectivity index (χ4v) is 3.19. The van der Waals surface area contributed by atoms with Gasteiger partial charge in [0.1, 0.15) is 6.10 Å². The highest BCUT2D eigenvalue weighted by Gasteiger charge is 2.28. The Morgan fingerprint density at radius 1 is 0.952 bits per heavy atom. The van der Waals surface area contributed by atoms with Crippen molar-refractivity contribution in [3.8, 4) is 11.1 Å². The number of aliphatic hydroxyl groups excluding tert-OH is 2. The van der Waals surface area contributed by atoms with E-state index in [1.54, 1.807) is 12.1 Å². The molecule has 3 rings (SSSR count). The molecule has 0 heterocycles. The van der Waals surface area contributed by atoms with Crippen LogP contribution >= 0.6 is 15.9 Å². The van der Waals surface area contributed by atoms with E-state index in [1.165, 1.54) is 0 Å². The second-order valence-electron chi connectivity index (χ2n) is 5.17. The largest absolute Gasteiger partial charge is 0.390 e. The van der Waals surface area contributed by atoms with Crippen molar-refractivity contribution in [3.05, 3.63) is 59.2 Å². The summed E-state index contributed by atoms with van der Waals surface area (Å²) < 4.78 is 0. The summed E-state index contributed by atoms with van der Waals surface area (Å²) in [5.41, 5.74) is 3.68. The molecule has 2 aromatic carbocycles. The first-order valence-corrected chi connectivity index (χ1v) is 7.95. The Balaban J connectivity index is 1.99. The highest BCUT2D eigenvalue weighted by molar-refractivity contribution is 9.09. The van der Waals surface area contributed by atoms with E-state index in [2.05, 4.69) is 15.9 Å². The van der Waals surface area contributed by atoms with Crippen LogP contribution in [0.25, 0.3) is 11.1 Å². The average molecular weight is 347 g/mol. The molecule has 4 heteroatoms. The molecule has 1 aliphatic carbocycles. The Bertz CT molecular complexity index is 696. The summed E-state index contributed by atoms with van der Waals surface area (Å²) in [6, 6.07) is 12.8. The molecule has 0 fully saturated rings. The highest BCUT2D eigenvalue weighted by Crippen LogP contribution is 2.37. The highest BCUT2D eigenvalue weighted by atomic mass is 79.9. The van der Waals surface area contributed by atoms with Gasteiger partial charge in [0.15, 0.2) is 5.78 Å². The van der Waals surface area contributed by atoms with E-state index in [9.17, 15) is 15.0 Å². The molecule has 0 radical (unpaired) electrons. The summed E-state index contributed by atoms with van der Waals surface area (Å²) in [6.07, 6.45) is -1.38. The predicted molar refractivity (Wildman–Crippen MR) is 84.7 cm³/mol. The van der Waals surface area contributed by atoms with Gasteiger partial charge in [-0.15, -0.1) is 0 Å². The van der Waals surface area contributed by atoms with Crippen molar-refractivity contribution >= 4 is 21.7 Å². The number of rotatable bonds is 4. The number of benzene rings is 2. The van der Waals surface area contributed by atoms with Crippen LogP contribution in [-0.4, -0.2) is 27.4 Å². The lowest BCUT2D eigenvalue weighted by atomic mass is 9.97. The number of alkyl halides is 1. The molecule has 21 heavy (non-hydrogen) atoms. The molecule has 0 aromatic heterocycles. The van der Waals surface area contributed by atoms with Crippen LogP contribution in [0.15, 0.2) is 42.5 Å². The van der Waals surface area contributed by atoms with Crippen LogP contribution in [0.5, 0.6) is 0 Å². The van der Waals surface area contributed by atoms with Crippen molar-refractivity contribution in [1.29, 1.82) is 0 Å². The molecule has 2 aromatic rings. The van der Waals surface area contributed by atoms with Gasteiger partial charge in [-0.2, -0.15) is 0 Å². The molecule has 0 saturated carbocycles. The van der Waals surface area contributed by atoms with Gasteiger partial charge < -0.3 is 10.2 Å². The Morgan fingerprint density at radius 2 is 1.62 bits per heavy atom. The van der Waals surface area contributed by atoms with Gasteiger partial charge in [-0.05, 0) is 29.2 Å². The lowest BCUT2D eigenvalue weighted by molar-refractivity contribution is 0.0173. The molecule has 108 valence electrons. The van der Waals surface area contributed by atoms with Gasteiger partial charge >= 0.3 is 0 Å². The third-order valence-corrected chi connectivity index (χ3v) is 4.32. The maximum absolute atomic E-state index is 12.4. The molecule has 0 bridgehead atoms. The number of halogens is 1. The summed E-state index contributed by atoms with van der Waals surface area (Å²) in [4.78, 5) is 12.4. The molecular formula is C17H15BrO3. The number of carbonyl (C=O) groups is 1. The summed E-state index contributed by atoms with van der Waals surface area (Å²) in [7, 11) is 0. The molecule has 3 nitrogen and oxygen atoms in total. The van der Waals surface area contributed by atoms with Crippen LogP contribution in [0.4, 0.5) is 0 Å². The molecule has 1 aliphatic rings. The minimum absolute atomic E-state index is 0.0235. The fraction of sp³-hybridized carbons (Fsp3) is 0.235. The van der Waals surface area contributed by atoms with Crippen molar-refractivity contribution in [2.24, 2.45) is 0 Å². The first kappa shape index (κ1) is 14.4. The molecule has 2 N–H and O–H groups in total. The van der Waals surface area contributed by atoms with Crippen LogP contribution in [-0.2, 0) is 0 Å². The van der Waals surface area contributed by atoms with Gasteiger partial charge in [-0.3, -0.25) is 4.79 Å². The average Bonchev–Trinajstić information content (AvgIpc) is 2.80. The van der Waals surface area contributed by atoms with Crippen molar-refractivity contribution in [3.63, 3.8) is 0 Å². The zero-order chi connectivity index (χ0) is 15.0. The Kier molecular flexibility index (Phi) is 3.93. The van der Waals surface area contributed by atoms with Crippen molar-refractivity contribution in [2.45, 2.75) is 18.6 Å². The maximum Gasteiger partial charge on any atom is 0.194 e. The molecule has 0 amide bonds. The van der Waals surface area contributed by atoms with E-state index in [4.69, 9.17) is 0 Å². The van der Waals surface area contributed by atoms with E-state index >= 15 is 0 Å². The molecule has 0 aliphatic heterocycles. The minimum atomic E-state index is -0.982. The standard InChI is InChI=1S/C17H15BrO3/c18-8-7-15(19)16(20)10-5-6-12-11-3-1-2-4-13(11)17(21)14(12)9-10/h1-6,9,15-16,19-20H,7-8H2. The molecule has 2 atom stereocenters. The normalized spacial score (nSPS) is 15.5. The maximum atomic E-state index is 12.4. The van der Waals surface area contributed by atoms with Crippen LogP contribution in [0.2, 0.25) is 0 Å². The van der Waals surface area contributed by atoms with Crippen molar-refractivity contribution < 1.29 is 15.0 Å². The van der Waals surface area contributed by atoms with Gasteiger partial charge in [-0.25, -0.2) is 0 Å². The molecule has 0 spiro atoms. The van der Waals surface area contributed by atoms with Crippen LogP contribution in [0, 0.1) is 0 Å². The summed E-state index contributed by atoms with van der Waals surface area (Å²) in [6.45, 7) is 0. The van der Waals surface area contributed by atoms with E-state index in [0.29, 0.717) is 28.4 Å². The van der Waals surface area contributed by atoms with Crippen LogP contribution < -0.4 is 0 Å². The minimum Gasteiger partial charge on any atom is -0.390 e. The van der Waals surface area contributed by atoms with Crippen molar-refractivity contribution in [2.75, 3.05) is 5.33 Å². The SMILES string of the molecule is O=C1c2ccccc2-c2ccc(C(O)C(O)CCBr)cc21. The Morgan fingerprint density at radius 3 is 2.33 bits per heavy atom. The number of aliphatic hydroxyl groups is 2. The molecular weight excluding hydrogens is 332 g/mol. The summed E-state index contributed by atoms with van der Waals surface area (Å²) >= 11 is 3.24. The van der Waals surface area contributed by atoms with Gasteiger partial charge in [0.05, 0.1) is 6.10 Å². The third-order valence-electron chi connectivity index (χ3n) is 3.86. The number of carbonyl (C=O) groups excluding carboxylic acids is 1. The third kappa shape index (κ3) is 2.44. The van der Waals surface area contributed by atoms with Gasteiger partial charge in [0.2, 0.25) is 0 Å². The second-order valence-corrected chi connectivity index (χ2v) is 5.96. The number of hydrogen-bond acceptors (Lipinski definition) is 3. The first-order valence-electron chi connectivity index (χ1n) is 6.83. The van der Waals surface area contributed by atoms with E-state index in [-0.39, 0.29) is 5.78 Å². The van der Waals surface area contributed by atoms with Crippen molar-refractivity contribution in [1.82, 2.24) is 0 Å². The number of ketones is 1. The Hall–Kier alpha value is -1.49. The van der Waals surface area contributed by atoms with Gasteiger partial charge in [0, 0.05) is 16.5 Å². The number of hydrogen-bond donors (Lipinski definition) is 2. The lowest BCUT2D eigenvalue weighted by Crippen LogP contribution is -2.18. The smallest absolute Gasteiger partial charge is 0.194 e. The van der Waals surface area contributed by atoms with E-state index < -0.39 is 12.2 Å². The van der Waals surface area contributed by atoms with Crippen LogP contribution in [0.3, 0.4) is 0 Å². The quantitative estimate of drug-likeness (QED) is 0.713. The fourth-order valence-electron chi connectivity index (χ4n) is 2.72. The summed E-state index contributed by atoms with van der Waals surface area (Å²) in [5.74, 6) is -0.0235. The Labute approximate surface area is 131 Å².